The molecule has 17 atom stereocenters. The van der Waals surface area contributed by atoms with Crippen molar-refractivity contribution in [3.8, 4) is 5.75 Å². The van der Waals surface area contributed by atoms with E-state index in [2.05, 4.69) is 113 Å². The van der Waals surface area contributed by atoms with Crippen LogP contribution in [0.1, 0.15) is 188 Å². The number of thiol groups is 1. The quantitative estimate of drug-likeness (QED) is 0.0127. The van der Waals surface area contributed by atoms with E-state index in [1.165, 1.54) is 50.6 Å². The maximum Gasteiger partial charge on any atom is 0.326 e. The number of guanidine groups is 2. The Hall–Kier alpha value is -13.7. The second kappa shape index (κ2) is 65.2. The maximum atomic E-state index is 14.9. The molecule has 0 bridgehead atoms. The summed E-state index contributed by atoms with van der Waals surface area (Å²) < 4.78 is 0. The van der Waals surface area contributed by atoms with Crippen LogP contribution in [0.25, 0.3) is 0 Å². The van der Waals surface area contributed by atoms with Crippen molar-refractivity contribution < 1.29 is 116 Å². The summed E-state index contributed by atoms with van der Waals surface area (Å²) in [5, 5.41) is 98.3. The number of carboxylic acids is 2. The van der Waals surface area contributed by atoms with Crippen molar-refractivity contribution in [3.63, 3.8) is 0 Å². The normalized spacial score (nSPS) is 14.8. The molecule has 0 saturated heterocycles. The van der Waals surface area contributed by atoms with Gasteiger partial charge in [0.2, 0.25) is 106 Å². The van der Waals surface area contributed by atoms with Gasteiger partial charge in [-0.3, -0.25) is 102 Å². The Morgan fingerprint density at radius 1 is 0.393 bits per heavy atom. The van der Waals surface area contributed by atoms with Gasteiger partial charge in [-0.2, -0.15) is 12.6 Å². The number of aliphatic hydroxyl groups excluding tert-OH is 1. The van der Waals surface area contributed by atoms with Gasteiger partial charge in [0.1, 0.15) is 96.4 Å². The summed E-state index contributed by atoms with van der Waals surface area (Å²) in [4.78, 5) is 283. The third-order valence-corrected chi connectivity index (χ3v) is 21.9. The van der Waals surface area contributed by atoms with Crippen LogP contribution in [0.2, 0.25) is 0 Å². The van der Waals surface area contributed by atoms with E-state index >= 15 is 0 Å². The maximum absolute atomic E-state index is 14.9. The number of primary amides is 3. The van der Waals surface area contributed by atoms with E-state index in [9.17, 15) is 116 Å². The fourth-order valence-electron chi connectivity index (χ4n) is 13.7. The highest BCUT2D eigenvalue weighted by Crippen LogP contribution is 2.18. The Balaban J connectivity index is 2.64. The first-order valence-corrected chi connectivity index (χ1v) is 46.5. The van der Waals surface area contributed by atoms with E-state index < -0.39 is 290 Å². The van der Waals surface area contributed by atoms with Gasteiger partial charge < -0.3 is 167 Å². The van der Waals surface area contributed by atoms with E-state index in [4.69, 9.17) is 62.4 Å². The molecule has 54 nitrogen and oxygen atoms in total. The third-order valence-electron chi connectivity index (χ3n) is 21.5. The van der Waals surface area contributed by atoms with Crippen molar-refractivity contribution in [1.82, 2.24) is 100 Å². The van der Waals surface area contributed by atoms with E-state index in [0.29, 0.717) is 12.8 Å². The van der Waals surface area contributed by atoms with Crippen molar-refractivity contribution in [2.24, 2.45) is 63.4 Å². The number of imidazole rings is 1. The number of hydrogen-bond donors (Lipinski definition) is 34. The molecule has 140 heavy (non-hydrogen) atoms. The number of rotatable bonds is 71. The molecule has 18 amide bonds. The monoisotopic (exact) mass is 2000 g/mol. The molecule has 0 unspecified atom stereocenters. The number of amides is 18. The standard InChI is InChI=1S/C85H144N30O24S/c1-42(2)35-58(110-75(130)55(25-28-63(91)119)106-71(126)50(15-7-10-30-86)102-69(124)49(89)40-140)77(132)108-54(24-27-62(90)118)74(129)103-52(17-9-12-32-88)73(128)111-61(38-65(121)122)80(135)104-51(16-8-11-31-87)72(127)107-56(26-29-64(92)120)76(131)114-66(43(3)4)81(136)112-59(36-46-20-22-48(117)23-21-46)78(133)105-53(18-13-33-98-84(93)94)70(125)101-44(5)68(123)115-67(45(6)116)82(137)113-60(37-47-39-97-41-100-47)79(134)109-57(83(138)139)19-14-34-99-85(95)96/h20-23,39,41-45,49-61,66-67,116-117,140H,7-19,24-38,40,86-89H2,1-6H3,(H2,90,118)(H2,91,119)(H2,92,120)(H,97,100)(H,101,125)(H,102,124)(H,103,129)(H,104,135)(H,105,133)(H,106,126)(H,107,127)(H,108,132)(H,109,134)(H,110,130)(H,111,128)(H,112,136)(H,113,137)(H,114,131)(H,115,123)(H,121,122)(H,138,139)(H4,93,94,98)(H4,95,96,99)/t44-,45+,49-,50-,51-,52-,53-,54-,55-,56-,57-,58-,59-,60-,61-,66-,67-/m0/s1. The molecular formula is C85H144N30O24S. The lowest BCUT2D eigenvalue weighted by Gasteiger charge is -2.29. The summed E-state index contributed by atoms with van der Waals surface area (Å²) in [6, 6.07) is -21.0. The van der Waals surface area contributed by atoms with Crippen molar-refractivity contribution in [2.45, 2.75) is 292 Å². The minimum Gasteiger partial charge on any atom is -0.508 e. The second-order valence-electron chi connectivity index (χ2n) is 34.3. The number of aliphatic carboxylic acids is 2. The lowest BCUT2D eigenvalue weighted by Crippen LogP contribution is -2.62. The van der Waals surface area contributed by atoms with E-state index in [1.54, 1.807) is 13.8 Å². The Labute approximate surface area is 814 Å². The smallest absolute Gasteiger partial charge is 0.326 e. The van der Waals surface area contributed by atoms with Gasteiger partial charge in [-0.15, -0.1) is 0 Å². The summed E-state index contributed by atoms with van der Waals surface area (Å²) >= 11 is 4.04. The lowest BCUT2D eigenvalue weighted by atomic mass is 9.99. The molecule has 0 aliphatic rings. The number of unbranched alkanes of at least 4 members (excludes halogenated alkanes) is 3. The molecule has 0 saturated carbocycles. The average Bonchev–Trinajstić information content (AvgIpc) is 0.969. The van der Waals surface area contributed by atoms with Gasteiger partial charge in [0.05, 0.1) is 24.9 Å². The lowest BCUT2D eigenvalue weighted by molar-refractivity contribution is -0.142. The van der Waals surface area contributed by atoms with E-state index in [1.807, 2.05) is 0 Å². The molecule has 784 valence electrons. The molecule has 55 heteroatoms. The summed E-state index contributed by atoms with van der Waals surface area (Å²) in [7, 11) is 0. The van der Waals surface area contributed by atoms with Crippen LogP contribution in [0, 0.1) is 22.7 Å². The number of aromatic nitrogens is 2. The first-order valence-electron chi connectivity index (χ1n) is 45.9. The summed E-state index contributed by atoms with van der Waals surface area (Å²) in [6.07, 6.45) is -4.11. The predicted molar refractivity (Wildman–Crippen MR) is 509 cm³/mol. The van der Waals surface area contributed by atoms with Crippen LogP contribution in [-0.4, -0.2) is 302 Å². The fraction of sp³-hybridized carbons (Fsp3) is 0.635. The molecule has 0 aliphatic heterocycles. The zero-order chi connectivity index (χ0) is 106. The Morgan fingerprint density at radius 2 is 0.721 bits per heavy atom. The summed E-state index contributed by atoms with van der Waals surface area (Å²) in [6.45, 7) is 8.83. The molecule has 0 spiro atoms. The van der Waals surface area contributed by atoms with Crippen molar-refractivity contribution in [1.29, 1.82) is 10.8 Å². The summed E-state index contributed by atoms with van der Waals surface area (Å²) in [5.41, 5.74) is 51.1. The number of nitrogens with zero attached hydrogens (tertiary/aromatic N) is 1. The highest BCUT2D eigenvalue weighted by molar-refractivity contribution is 7.80. The highest BCUT2D eigenvalue weighted by Gasteiger charge is 2.41. The number of carboxylic acid groups (broad SMARTS) is 2. The van der Waals surface area contributed by atoms with Gasteiger partial charge >= 0.3 is 11.9 Å². The second-order valence-corrected chi connectivity index (χ2v) is 34.6. The first kappa shape index (κ1) is 122. The number of benzene rings is 1. The largest absolute Gasteiger partial charge is 0.508 e. The summed E-state index contributed by atoms with van der Waals surface area (Å²) in [5.74, 6) is -24.8. The van der Waals surface area contributed by atoms with Gasteiger partial charge in [-0.25, -0.2) is 9.78 Å². The number of phenols is 1. The first-order chi connectivity index (χ1) is 65.9. The number of nitrogens with two attached hydrogens (primary N) is 9. The zero-order valence-electron chi connectivity index (χ0n) is 79.5. The minimum atomic E-state index is -2.10. The SMILES string of the molecule is CC(C)C[C@H](NC(=O)[C@H](CCC(N)=O)NC(=O)[C@H](CCCCN)NC(=O)[C@@H](N)CS)C(=O)N[C@@H](CCC(N)=O)C(=O)N[C@@H](CCCCN)C(=O)N[C@@H](CC(=O)O)C(=O)N[C@@H](CCCCN)C(=O)N[C@@H](CCC(N)=O)C(=O)N[C@H](C(=O)N[C@@H](Cc1ccc(O)cc1)C(=O)N[C@@H](CCCNC(=N)N)C(=O)N[C@@H](C)C(=O)N[C@H](C(=O)N[C@@H](Cc1cnc[nH]1)C(=O)N[C@@H](CCCNC(=N)N)C(=O)O)[C@@H](C)O)C(C)C. The molecule has 2 aromatic rings. The number of aliphatic hydroxyl groups is 1. The molecule has 1 aromatic carbocycles. The molecule has 42 N–H and O–H groups in total. The Kier molecular flexibility index (Phi) is 57.0. The van der Waals surface area contributed by atoms with Crippen LogP contribution >= 0.6 is 12.6 Å². The molecule has 0 aliphatic carbocycles. The number of nitrogens with one attached hydrogen (secondary N) is 20. The van der Waals surface area contributed by atoms with Gasteiger partial charge in [0.15, 0.2) is 11.9 Å². The fourth-order valence-corrected chi connectivity index (χ4v) is 13.9. The minimum absolute atomic E-state index is 0.0273. The highest BCUT2D eigenvalue weighted by atomic mass is 32.1. The van der Waals surface area contributed by atoms with Gasteiger partial charge in [-0.1, -0.05) is 39.8 Å². The van der Waals surface area contributed by atoms with Crippen LogP contribution in [0.5, 0.6) is 5.75 Å². The molecular weight excluding hydrogens is 1860 g/mol. The van der Waals surface area contributed by atoms with E-state index in [0.717, 1.165) is 13.8 Å². The molecule has 0 radical (unpaired) electrons. The van der Waals surface area contributed by atoms with Crippen molar-refractivity contribution in [3.05, 3.63) is 48.0 Å². The average molecular weight is 2000 g/mol. The van der Waals surface area contributed by atoms with Crippen LogP contribution in [-0.2, 0) is 109 Å². The van der Waals surface area contributed by atoms with Crippen LogP contribution in [0.3, 0.4) is 0 Å². The van der Waals surface area contributed by atoms with Crippen molar-refractivity contribution in [2.75, 3.05) is 38.5 Å². The molecule has 0 fully saturated rings. The Morgan fingerprint density at radius 3 is 1.09 bits per heavy atom. The predicted octanol–water partition coefficient (Wildman–Crippen LogP) is -10.2. The van der Waals surface area contributed by atoms with Crippen LogP contribution < -0.4 is 142 Å². The zero-order valence-corrected chi connectivity index (χ0v) is 80.4. The van der Waals surface area contributed by atoms with Crippen LogP contribution in [0.15, 0.2) is 36.8 Å². The molecule has 2 rings (SSSR count). The number of carbonyl (C=O) groups is 20. The van der Waals surface area contributed by atoms with E-state index in [-0.39, 0.29) is 145 Å². The number of hydrogen-bond acceptors (Lipinski definition) is 30. The Bertz CT molecular complexity index is 4460. The molecule has 1 aromatic heterocycles. The van der Waals surface area contributed by atoms with Gasteiger partial charge in [0, 0.05) is 62.8 Å². The van der Waals surface area contributed by atoms with Crippen LogP contribution in [0.4, 0.5) is 0 Å². The molecule has 1 heterocycles. The van der Waals surface area contributed by atoms with Gasteiger partial charge in [0.25, 0.3) is 0 Å². The topological polar surface area (TPSA) is 937 Å². The third kappa shape index (κ3) is 48.6. The number of aromatic hydroxyl groups is 1. The van der Waals surface area contributed by atoms with Crippen molar-refractivity contribution >= 4 is 143 Å². The number of aromatic amines is 1. The number of carbonyl (C=O) groups excluding carboxylic acids is 18. The number of phenolic OH excluding ortho intramolecular Hbond substituents is 1. The van der Waals surface area contributed by atoms with Gasteiger partial charge in [-0.05, 0) is 172 Å². The number of H-pyrrole nitrogens is 1.